The molecule has 0 amide bonds. The van der Waals surface area contributed by atoms with E-state index in [1.54, 1.807) is 7.11 Å². The minimum Gasteiger partial charge on any atom is -0.390 e. The lowest BCUT2D eigenvalue weighted by Gasteiger charge is -2.35. The van der Waals surface area contributed by atoms with Gasteiger partial charge in [0.1, 0.15) is 0 Å². The van der Waals surface area contributed by atoms with E-state index in [0.29, 0.717) is 12.6 Å². The summed E-state index contributed by atoms with van der Waals surface area (Å²) in [4.78, 5) is 2.35. The first kappa shape index (κ1) is 16.9. The molecule has 0 saturated carbocycles. The average Bonchev–Trinajstić information content (AvgIpc) is 2.42. The van der Waals surface area contributed by atoms with Gasteiger partial charge in [0.05, 0.1) is 23.9 Å². The van der Waals surface area contributed by atoms with E-state index in [-0.39, 0.29) is 11.5 Å². The Labute approximate surface area is 118 Å². The fourth-order valence-corrected chi connectivity index (χ4v) is 3.22. The number of nitrogens with zero attached hydrogens (tertiary/aromatic N) is 1. The summed E-state index contributed by atoms with van der Waals surface area (Å²) in [6, 6.07) is 0.349. The summed E-state index contributed by atoms with van der Waals surface area (Å²) in [6.45, 7) is 14.9. The summed E-state index contributed by atoms with van der Waals surface area (Å²) < 4.78 is 11.3. The quantitative estimate of drug-likeness (QED) is 0.803. The van der Waals surface area contributed by atoms with Crippen LogP contribution in [0.2, 0.25) is 0 Å². The molecule has 0 aromatic heterocycles. The van der Waals surface area contributed by atoms with Gasteiger partial charge in [0, 0.05) is 25.6 Å². The van der Waals surface area contributed by atoms with Crippen LogP contribution in [-0.2, 0) is 9.47 Å². The number of hydrogen-bond acceptors (Lipinski definition) is 4. The molecule has 1 N–H and O–H groups in total. The predicted molar refractivity (Wildman–Crippen MR) is 77.3 cm³/mol. The zero-order valence-electron chi connectivity index (χ0n) is 13.6. The first-order valence-electron chi connectivity index (χ1n) is 7.27. The second kappa shape index (κ2) is 6.08. The topological polar surface area (TPSA) is 41.9 Å². The van der Waals surface area contributed by atoms with Crippen LogP contribution in [0.4, 0.5) is 0 Å². The number of aliphatic hydroxyl groups is 1. The van der Waals surface area contributed by atoms with Crippen molar-refractivity contribution < 1.29 is 14.6 Å². The van der Waals surface area contributed by atoms with Crippen LogP contribution in [0.1, 0.15) is 41.5 Å². The number of aliphatic hydroxyl groups excluding tert-OH is 1. The van der Waals surface area contributed by atoms with Gasteiger partial charge in [0.25, 0.3) is 0 Å². The fraction of sp³-hybridized carbons (Fsp3) is 1.00. The van der Waals surface area contributed by atoms with Crippen molar-refractivity contribution in [2.24, 2.45) is 5.92 Å². The van der Waals surface area contributed by atoms with E-state index in [1.807, 2.05) is 13.8 Å². The Hall–Kier alpha value is -0.160. The van der Waals surface area contributed by atoms with Crippen LogP contribution in [-0.4, -0.2) is 60.2 Å². The third-order valence-electron chi connectivity index (χ3n) is 4.38. The van der Waals surface area contributed by atoms with Gasteiger partial charge in [-0.3, -0.25) is 4.90 Å². The van der Waals surface area contributed by atoms with Gasteiger partial charge in [0.2, 0.25) is 0 Å². The molecule has 1 fully saturated rings. The molecule has 1 heterocycles. The first-order chi connectivity index (χ1) is 8.65. The molecule has 19 heavy (non-hydrogen) atoms. The summed E-state index contributed by atoms with van der Waals surface area (Å²) in [7, 11) is 1.73. The van der Waals surface area contributed by atoms with Gasteiger partial charge >= 0.3 is 0 Å². The van der Waals surface area contributed by atoms with E-state index >= 15 is 0 Å². The predicted octanol–water partition coefficient (Wildman–Crippen LogP) is 1.91. The Bertz CT molecular complexity index is 291. The average molecular weight is 273 g/mol. The van der Waals surface area contributed by atoms with Crippen molar-refractivity contribution in [2.45, 2.75) is 64.9 Å². The Morgan fingerprint density at radius 1 is 1.26 bits per heavy atom. The molecular weight excluding hydrogens is 242 g/mol. The van der Waals surface area contributed by atoms with Crippen LogP contribution in [0.15, 0.2) is 0 Å². The first-order valence-corrected chi connectivity index (χ1v) is 7.27. The zero-order chi connectivity index (χ0) is 14.8. The van der Waals surface area contributed by atoms with Gasteiger partial charge in [-0.1, -0.05) is 6.92 Å². The maximum absolute atomic E-state index is 10.5. The third kappa shape index (κ3) is 3.69. The SMILES string of the molecule is CCN(CC1C(O)C(C)(C)OC1(C)C)C(C)COC. The molecule has 0 radical (unpaired) electrons. The highest BCUT2D eigenvalue weighted by molar-refractivity contribution is 5.02. The molecule has 4 nitrogen and oxygen atoms in total. The molecule has 1 aliphatic heterocycles. The summed E-state index contributed by atoms with van der Waals surface area (Å²) >= 11 is 0. The standard InChI is InChI=1S/C15H31NO3/c1-8-16(11(2)10-18-7)9-12-13(17)15(5,6)19-14(12,3)4/h11-13,17H,8-10H2,1-7H3. The van der Waals surface area contributed by atoms with Crippen LogP contribution >= 0.6 is 0 Å². The molecule has 3 atom stereocenters. The molecule has 4 heteroatoms. The minimum absolute atomic E-state index is 0.113. The van der Waals surface area contributed by atoms with Gasteiger partial charge < -0.3 is 14.6 Å². The van der Waals surface area contributed by atoms with Crippen LogP contribution < -0.4 is 0 Å². The molecule has 0 spiro atoms. The molecule has 1 saturated heterocycles. The lowest BCUT2D eigenvalue weighted by Crippen LogP contribution is -2.47. The van der Waals surface area contributed by atoms with E-state index < -0.39 is 11.7 Å². The van der Waals surface area contributed by atoms with Crippen molar-refractivity contribution in [3.05, 3.63) is 0 Å². The molecule has 0 aromatic carbocycles. The van der Waals surface area contributed by atoms with Crippen molar-refractivity contribution >= 4 is 0 Å². The fourth-order valence-electron chi connectivity index (χ4n) is 3.22. The van der Waals surface area contributed by atoms with Gasteiger partial charge in [-0.15, -0.1) is 0 Å². The van der Waals surface area contributed by atoms with Crippen LogP contribution in [0.5, 0.6) is 0 Å². The number of methoxy groups -OCH3 is 1. The molecule has 0 bridgehead atoms. The molecule has 0 aliphatic carbocycles. The van der Waals surface area contributed by atoms with Crippen molar-refractivity contribution in [1.29, 1.82) is 0 Å². The molecule has 1 aliphatic rings. The van der Waals surface area contributed by atoms with E-state index in [1.165, 1.54) is 0 Å². The number of likely N-dealkylation sites (N-methyl/N-ethyl adjacent to an activating group) is 1. The van der Waals surface area contributed by atoms with Gasteiger partial charge in [-0.2, -0.15) is 0 Å². The smallest absolute Gasteiger partial charge is 0.0896 e. The summed E-state index contributed by atoms with van der Waals surface area (Å²) in [6.07, 6.45) is -0.439. The van der Waals surface area contributed by atoms with Crippen molar-refractivity contribution in [3.8, 4) is 0 Å². The highest BCUT2D eigenvalue weighted by Gasteiger charge is 2.53. The number of ether oxygens (including phenoxy) is 2. The van der Waals surface area contributed by atoms with Crippen molar-refractivity contribution in [2.75, 3.05) is 26.8 Å². The Morgan fingerprint density at radius 3 is 2.21 bits per heavy atom. The van der Waals surface area contributed by atoms with E-state index in [9.17, 15) is 5.11 Å². The third-order valence-corrected chi connectivity index (χ3v) is 4.38. The Balaban J connectivity index is 2.78. The minimum atomic E-state index is -0.474. The molecule has 0 aromatic rings. The molecule has 114 valence electrons. The highest BCUT2D eigenvalue weighted by atomic mass is 16.5. The second-order valence-corrected chi connectivity index (χ2v) is 6.75. The van der Waals surface area contributed by atoms with E-state index in [2.05, 4.69) is 32.6 Å². The number of hydrogen-bond donors (Lipinski definition) is 1. The Morgan fingerprint density at radius 2 is 1.84 bits per heavy atom. The summed E-state index contributed by atoms with van der Waals surface area (Å²) in [5, 5.41) is 10.5. The lowest BCUT2D eigenvalue weighted by molar-refractivity contribution is -0.0916. The lowest BCUT2D eigenvalue weighted by atomic mass is 9.84. The summed E-state index contributed by atoms with van der Waals surface area (Å²) in [5.74, 6) is 0.113. The maximum atomic E-state index is 10.5. The van der Waals surface area contributed by atoms with Crippen molar-refractivity contribution in [3.63, 3.8) is 0 Å². The largest absolute Gasteiger partial charge is 0.390 e. The number of rotatable bonds is 6. The molecule has 1 rings (SSSR count). The van der Waals surface area contributed by atoms with Gasteiger partial charge in [-0.25, -0.2) is 0 Å². The van der Waals surface area contributed by atoms with Gasteiger partial charge in [-0.05, 0) is 41.2 Å². The van der Waals surface area contributed by atoms with Crippen LogP contribution in [0.3, 0.4) is 0 Å². The van der Waals surface area contributed by atoms with Crippen LogP contribution in [0, 0.1) is 5.92 Å². The van der Waals surface area contributed by atoms with Crippen LogP contribution in [0.25, 0.3) is 0 Å². The van der Waals surface area contributed by atoms with E-state index in [4.69, 9.17) is 9.47 Å². The Kier molecular flexibility index (Phi) is 5.41. The van der Waals surface area contributed by atoms with Gasteiger partial charge in [0.15, 0.2) is 0 Å². The second-order valence-electron chi connectivity index (χ2n) is 6.75. The molecular formula is C15H31NO3. The summed E-state index contributed by atoms with van der Waals surface area (Å²) in [5.41, 5.74) is -0.777. The van der Waals surface area contributed by atoms with Crippen molar-refractivity contribution in [1.82, 2.24) is 4.90 Å². The maximum Gasteiger partial charge on any atom is 0.0896 e. The highest BCUT2D eigenvalue weighted by Crippen LogP contribution is 2.42. The van der Waals surface area contributed by atoms with E-state index in [0.717, 1.165) is 13.1 Å². The normalized spacial score (nSPS) is 30.8. The monoisotopic (exact) mass is 273 g/mol. The molecule has 3 unspecified atom stereocenters. The zero-order valence-corrected chi connectivity index (χ0v) is 13.6.